The maximum absolute atomic E-state index is 5.81. The molecule has 0 aliphatic rings. The first-order chi connectivity index (χ1) is 9.02. The molecule has 116 valence electrons. The van der Waals surface area contributed by atoms with E-state index >= 15 is 0 Å². The van der Waals surface area contributed by atoms with Crippen LogP contribution in [0.1, 0.15) is 13.3 Å². The zero-order valence-corrected chi connectivity index (χ0v) is 16.0. The summed E-state index contributed by atoms with van der Waals surface area (Å²) in [6, 6.07) is 0.910. The molecule has 19 heavy (non-hydrogen) atoms. The van der Waals surface area contributed by atoms with Crippen molar-refractivity contribution in [3.63, 3.8) is 0 Å². The number of rotatable bonds is 11. The van der Waals surface area contributed by atoms with E-state index in [9.17, 15) is 0 Å². The first kappa shape index (κ1) is 19.6. The summed E-state index contributed by atoms with van der Waals surface area (Å²) in [5.74, 6) is 1.09. The van der Waals surface area contributed by atoms with Crippen LogP contribution in [0.15, 0.2) is 0 Å². The van der Waals surface area contributed by atoms with E-state index in [-0.39, 0.29) is 5.16 Å². The van der Waals surface area contributed by atoms with Crippen LogP contribution in [0.4, 0.5) is 0 Å². The zero-order valence-electron chi connectivity index (χ0n) is 13.1. The standard InChI is InChI=1S/C11H28O5SSi2/c1-11(19(14-4,15-5)16-6)18(12-2,13-3)10-8-9-17-7/h11H,8-10H2,1-7H3. The second-order valence-corrected chi connectivity index (χ2v) is 12.9. The van der Waals surface area contributed by atoms with Gasteiger partial charge < -0.3 is 22.1 Å². The smallest absolute Gasteiger partial charge is 0.397 e. The van der Waals surface area contributed by atoms with Crippen molar-refractivity contribution in [1.82, 2.24) is 0 Å². The van der Waals surface area contributed by atoms with E-state index in [2.05, 4.69) is 13.2 Å². The Labute approximate surface area is 123 Å². The molecule has 0 aromatic rings. The third-order valence-corrected chi connectivity index (χ3v) is 13.2. The zero-order chi connectivity index (χ0) is 14.9. The lowest BCUT2D eigenvalue weighted by molar-refractivity contribution is 0.111. The highest BCUT2D eigenvalue weighted by molar-refractivity contribution is 7.98. The van der Waals surface area contributed by atoms with E-state index in [1.165, 1.54) is 0 Å². The van der Waals surface area contributed by atoms with Crippen LogP contribution < -0.4 is 0 Å². The van der Waals surface area contributed by atoms with Crippen molar-refractivity contribution in [2.75, 3.05) is 47.6 Å². The van der Waals surface area contributed by atoms with Gasteiger partial charge in [0, 0.05) is 35.5 Å². The molecule has 5 nitrogen and oxygen atoms in total. The Morgan fingerprint density at radius 3 is 1.68 bits per heavy atom. The molecule has 8 heteroatoms. The second-order valence-electron chi connectivity index (χ2n) is 4.25. The van der Waals surface area contributed by atoms with Crippen molar-refractivity contribution in [3.05, 3.63) is 0 Å². The van der Waals surface area contributed by atoms with Gasteiger partial charge in [-0.1, -0.05) is 6.92 Å². The highest BCUT2D eigenvalue weighted by Gasteiger charge is 2.58. The second kappa shape index (κ2) is 9.51. The van der Waals surface area contributed by atoms with Crippen molar-refractivity contribution in [2.45, 2.75) is 24.6 Å². The minimum Gasteiger partial charge on any atom is -0.397 e. The quantitative estimate of drug-likeness (QED) is 0.428. The van der Waals surface area contributed by atoms with Gasteiger partial charge >= 0.3 is 17.4 Å². The Morgan fingerprint density at radius 1 is 0.895 bits per heavy atom. The normalized spacial score (nSPS) is 14.7. The van der Waals surface area contributed by atoms with Gasteiger partial charge in [0.15, 0.2) is 0 Å². The molecule has 0 heterocycles. The summed E-state index contributed by atoms with van der Waals surface area (Å²) < 4.78 is 28.4. The van der Waals surface area contributed by atoms with Gasteiger partial charge in [-0.25, -0.2) is 0 Å². The van der Waals surface area contributed by atoms with Gasteiger partial charge in [-0.2, -0.15) is 11.8 Å². The lowest BCUT2D eigenvalue weighted by atomic mass is 10.6. The van der Waals surface area contributed by atoms with E-state index in [4.69, 9.17) is 22.1 Å². The van der Waals surface area contributed by atoms with Crippen LogP contribution in [0.5, 0.6) is 0 Å². The fraction of sp³-hybridized carbons (Fsp3) is 1.00. The Hall–Kier alpha value is 0.584. The molecule has 0 fully saturated rings. The van der Waals surface area contributed by atoms with Gasteiger partial charge in [-0.05, 0) is 24.5 Å². The van der Waals surface area contributed by atoms with Crippen LogP contribution in [0.2, 0.25) is 11.2 Å². The highest BCUT2D eigenvalue weighted by Crippen LogP contribution is 2.37. The van der Waals surface area contributed by atoms with Crippen LogP contribution in [0.3, 0.4) is 0 Å². The van der Waals surface area contributed by atoms with Crippen LogP contribution in [-0.2, 0) is 22.1 Å². The Bertz CT molecular complexity index is 229. The third-order valence-electron chi connectivity index (χ3n) is 3.61. The Morgan fingerprint density at radius 2 is 1.37 bits per heavy atom. The van der Waals surface area contributed by atoms with Gasteiger partial charge in [0.05, 0.1) is 5.16 Å². The van der Waals surface area contributed by atoms with Gasteiger partial charge in [-0.15, -0.1) is 0 Å². The van der Waals surface area contributed by atoms with E-state index in [1.807, 2.05) is 11.8 Å². The predicted octanol–water partition coefficient (Wildman–Crippen LogP) is 2.28. The SMILES string of the molecule is CO[Si](CCCSC)(OC)C(C)[Si](OC)(OC)OC. The summed E-state index contributed by atoms with van der Waals surface area (Å²) >= 11 is 1.83. The van der Waals surface area contributed by atoms with Crippen molar-refractivity contribution >= 4 is 29.1 Å². The maximum Gasteiger partial charge on any atom is 0.505 e. The summed E-state index contributed by atoms with van der Waals surface area (Å²) in [6.07, 6.45) is 3.16. The molecule has 1 atom stereocenters. The lowest BCUT2D eigenvalue weighted by Crippen LogP contribution is -2.59. The summed E-state index contributed by atoms with van der Waals surface area (Å²) in [5.41, 5.74) is 0. The highest BCUT2D eigenvalue weighted by atomic mass is 32.2. The molecule has 0 rings (SSSR count). The molecule has 0 aromatic carbocycles. The van der Waals surface area contributed by atoms with E-state index < -0.39 is 17.4 Å². The minimum atomic E-state index is -2.75. The largest absolute Gasteiger partial charge is 0.505 e. The van der Waals surface area contributed by atoms with Gasteiger partial charge in [0.1, 0.15) is 0 Å². The maximum atomic E-state index is 5.81. The van der Waals surface area contributed by atoms with Crippen molar-refractivity contribution < 1.29 is 22.1 Å². The number of hydrogen-bond donors (Lipinski definition) is 0. The lowest BCUT2D eigenvalue weighted by Gasteiger charge is -2.39. The van der Waals surface area contributed by atoms with Crippen LogP contribution in [0.25, 0.3) is 0 Å². The average Bonchev–Trinajstić information content (AvgIpc) is 2.46. The average molecular weight is 329 g/mol. The number of thioether (sulfide) groups is 1. The first-order valence-corrected chi connectivity index (χ1v) is 11.6. The molecule has 0 radical (unpaired) electrons. The molecule has 0 aliphatic heterocycles. The Balaban J connectivity index is 5.12. The molecule has 0 bridgehead atoms. The monoisotopic (exact) mass is 328 g/mol. The molecule has 0 N–H and O–H groups in total. The van der Waals surface area contributed by atoms with E-state index in [1.54, 1.807) is 35.5 Å². The molecule has 1 unspecified atom stereocenters. The molecule has 0 aromatic heterocycles. The summed E-state index contributed by atoms with van der Waals surface area (Å²) in [6.45, 7) is 2.06. The molecule has 0 saturated carbocycles. The van der Waals surface area contributed by atoms with Gasteiger partial charge in [-0.3, -0.25) is 0 Å². The van der Waals surface area contributed by atoms with Gasteiger partial charge in [0.25, 0.3) is 0 Å². The summed E-state index contributed by atoms with van der Waals surface area (Å²) in [4.78, 5) is 0. The van der Waals surface area contributed by atoms with Crippen LogP contribution >= 0.6 is 11.8 Å². The van der Waals surface area contributed by atoms with Crippen molar-refractivity contribution in [2.24, 2.45) is 0 Å². The molecule has 0 amide bonds. The van der Waals surface area contributed by atoms with E-state index in [0.717, 1.165) is 18.2 Å². The van der Waals surface area contributed by atoms with Crippen LogP contribution in [-0.4, -0.2) is 64.9 Å². The summed E-state index contributed by atoms with van der Waals surface area (Å²) in [5, 5.41) is 0.0110. The topological polar surface area (TPSA) is 46.2 Å². The molecule has 0 saturated heterocycles. The predicted molar refractivity (Wildman–Crippen MR) is 83.8 cm³/mol. The van der Waals surface area contributed by atoms with Crippen LogP contribution in [0, 0.1) is 0 Å². The molecular weight excluding hydrogens is 300 g/mol. The minimum absolute atomic E-state index is 0.0110. The van der Waals surface area contributed by atoms with Gasteiger partial charge in [0.2, 0.25) is 0 Å². The van der Waals surface area contributed by atoms with Crippen molar-refractivity contribution in [1.29, 1.82) is 0 Å². The molecule has 0 spiro atoms. The number of hydrogen-bond acceptors (Lipinski definition) is 6. The Kier molecular flexibility index (Phi) is 9.80. The van der Waals surface area contributed by atoms with E-state index in [0.29, 0.717) is 0 Å². The molecule has 0 aliphatic carbocycles. The third kappa shape index (κ3) is 4.53. The van der Waals surface area contributed by atoms with Crippen molar-refractivity contribution in [3.8, 4) is 0 Å². The first-order valence-electron chi connectivity index (χ1n) is 6.27. The fourth-order valence-corrected chi connectivity index (χ4v) is 11.4. The fourth-order valence-electron chi connectivity index (χ4n) is 2.37. The molecular formula is C11H28O5SSi2. The summed E-state index contributed by atoms with van der Waals surface area (Å²) in [7, 11) is 3.15.